The quantitative estimate of drug-likeness (QED) is 0.832. The van der Waals surface area contributed by atoms with Gasteiger partial charge in [-0.1, -0.05) is 31.5 Å². The van der Waals surface area contributed by atoms with Gasteiger partial charge in [0.25, 0.3) is 10.0 Å². The Bertz CT molecular complexity index is 722. The van der Waals surface area contributed by atoms with Crippen LogP contribution in [0.4, 0.5) is 11.4 Å². The van der Waals surface area contributed by atoms with Gasteiger partial charge in [-0.3, -0.25) is 4.72 Å². The van der Waals surface area contributed by atoms with Gasteiger partial charge in [0.15, 0.2) is 0 Å². The normalized spacial score (nSPS) is 11.3. The molecule has 0 saturated heterocycles. The van der Waals surface area contributed by atoms with E-state index in [1.807, 2.05) is 19.1 Å². The molecule has 0 bridgehead atoms. The van der Waals surface area contributed by atoms with Gasteiger partial charge in [0.05, 0.1) is 10.6 Å². The van der Waals surface area contributed by atoms with E-state index in [1.54, 1.807) is 30.3 Å². The zero-order valence-electron chi connectivity index (χ0n) is 12.3. The average Bonchev–Trinajstić information content (AvgIpc) is 2.44. The van der Waals surface area contributed by atoms with E-state index in [0.29, 0.717) is 11.4 Å². The van der Waals surface area contributed by atoms with Crippen molar-refractivity contribution in [3.63, 3.8) is 0 Å². The Kier molecular flexibility index (Phi) is 4.53. The Morgan fingerprint density at radius 2 is 1.76 bits per heavy atom. The summed E-state index contributed by atoms with van der Waals surface area (Å²) in [6.45, 7) is 3.93. The molecule has 0 fully saturated rings. The van der Waals surface area contributed by atoms with Crippen molar-refractivity contribution in [1.82, 2.24) is 0 Å². The molecule has 4 nitrogen and oxygen atoms in total. The van der Waals surface area contributed by atoms with Crippen LogP contribution in [0.5, 0.6) is 0 Å². The highest BCUT2D eigenvalue weighted by molar-refractivity contribution is 7.92. The molecule has 0 aliphatic carbocycles. The minimum atomic E-state index is -3.59. The SMILES string of the molecule is CCCc1ccc(S(=O)(=O)Nc2cc(N)ccc2C)cc1. The van der Waals surface area contributed by atoms with Crippen molar-refractivity contribution >= 4 is 21.4 Å². The molecule has 2 rings (SSSR count). The van der Waals surface area contributed by atoms with Crippen LogP contribution in [0.25, 0.3) is 0 Å². The summed E-state index contributed by atoms with van der Waals surface area (Å²) in [7, 11) is -3.59. The molecule has 112 valence electrons. The number of nitrogens with one attached hydrogen (secondary N) is 1. The van der Waals surface area contributed by atoms with Crippen LogP contribution in [0, 0.1) is 6.92 Å². The second-order valence-electron chi connectivity index (χ2n) is 5.07. The first-order chi connectivity index (χ1) is 9.92. The first kappa shape index (κ1) is 15.4. The maximum atomic E-state index is 12.4. The summed E-state index contributed by atoms with van der Waals surface area (Å²) in [4.78, 5) is 0.254. The molecular formula is C16H20N2O2S. The predicted molar refractivity (Wildman–Crippen MR) is 86.8 cm³/mol. The fourth-order valence-corrected chi connectivity index (χ4v) is 3.20. The van der Waals surface area contributed by atoms with Crippen molar-refractivity contribution in [3.8, 4) is 0 Å². The van der Waals surface area contributed by atoms with Gasteiger partial charge in [-0.25, -0.2) is 8.42 Å². The van der Waals surface area contributed by atoms with Gasteiger partial charge in [-0.15, -0.1) is 0 Å². The largest absolute Gasteiger partial charge is 0.399 e. The number of sulfonamides is 1. The van der Waals surface area contributed by atoms with E-state index in [1.165, 1.54) is 0 Å². The number of benzene rings is 2. The van der Waals surface area contributed by atoms with Crippen LogP contribution >= 0.6 is 0 Å². The molecule has 0 saturated carbocycles. The first-order valence-corrected chi connectivity index (χ1v) is 8.38. The Morgan fingerprint density at radius 3 is 2.38 bits per heavy atom. The van der Waals surface area contributed by atoms with Crippen LogP contribution in [-0.2, 0) is 16.4 Å². The number of rotatable bonds is 5. The lowest BCUT2D eigenvalue weighted by Gasteiger charge is -2.11. The number of anilines is 2. The van der Waals surface area contributed by atoms with Gasteiger partial charge >= 0.3 is 0 Å². The molecule has 0 radical (unpaired) electrons. The molecule has 0 spiro atoms. The van der Waals surface area contributed by atoms with Crippen molar-refractivity contribution in [1.29, 1.82) is 0 Å². The molecule has 21 heavy (non-hydrogen) atoms. The molecule has 0 heterocycles. The summed E-state index contributed by atoms with van der Waals surface area (Å²) in [6, 6.07) is 12.1. The molecule has 2 aromatic rings. The molecule has 0 atom stereocenters. The third-order valence-electron chi connectivity index (χ3n) is 3.28. The fourth-order valence-electron chi connectivity index (χ4n) is 2.08. The van der Waals surface area contributed by atoms with Gasteiger partial charge in [-0.05, 0) is 48.7 Å². The predicted octanol–water partition coefficient (Wildman–Crippen LogP) is 3.33. The van der Waals surface area contributed by atoms with E-state index in [0.717, 1.165) is 24.0 Å². The summed E-state index contributed by atoms with van der Waals surface area (Å²) in [5.41, 5.74) is 8.70. The van der Waals surface area contributed by atoms with Crippen molar-refractivity contribution in [3.05, 3.63) is 53.6 Å². The van der Waals surface area contributed by atoms with Crippen LogP contribution in [0.1, 0.15) is 24.5 Å². The summed E-state index contributed by atoms with van der Waals surface area (Å²) < 4.78 is 27.4. The van der Waals surface area contributed by atoms with Gasteiger partial charge in [0, 0.05) is 5.69 Å². The summed E-state index contributed by atoms with van der Waals surface area (Å²) in [5, 5.41) is 0. The minimum Gasteiger partial charge on any atom is -0.399 e. The molecule has 0 aliphatic rings. The zero-order valence-corrected chi connectivity index (χ0v) is 13.1. The lowest BCUT2D eigenvalue weighted by molar-refractivity contribution is 0.601. The highest BCUT2D eigenvalue weighted by Crippen LogP contribution is 2.22. The van der Waals surface area contributed by atoms with Crippen molar-refractivity contribution < 1.29 is 8.42 Å². The highest BCUT2D eigenvalue weighted by Gasteiger charge is 2.15. The average molecular weight is 304 g/mol. The Hall–Kier alpha value is -2.01. The van der Waals surface area contributed by atoms with Crippen LogP contribution in [0.3, 0.4) is 0 Å². The molecule has 0 unspecified atom stereocenters. The number of nitrogens with two attached hydrogens (primary N) is 1. The minimum absolute atomic E-state index is 0.254. The second kappa shape index (κ2) is 6.18. The van der Waals surface area contributed by atoms with E-state index < -0.39 is 10.0 Å². The van der Waals surface area contributed by atoms with E-state index in [4.69, 9.17) is 5.73 Å². The molecule has 0 aromatic heterocycles. The monoisotopic (exact) mass is 304 g/mol. The number of hydrogen-bond acceptors (Lipinski definition) is 3. The van der Waals surface area contributed by atoms with E-state index >= 15 is 0 Å². The number of hydrogen-bond donors (Lipinski definition) is 2. The summed E-state index contributed by atoms with van der Waals surface area (Å²) in [6.07, 6.45) is 1.98. The standard InChI is InChI=1S/C16H20N2O2S/c1-3-4-13-6-9-15(10-7-13)21(19,20)18-16-11-14(17)8-5-12(16)2/h5-11,18H,3-4,17H2,1-2H3. The highest BCUT2D eigenvalue weighted by atomic mass is 32.2. The van der Waals surface area contributed by atoms with Gasteiger partial charge in [0.2, 0.25) is 0 Å². The molecular weight excluding hydrogens is 284 g/mol. The second-order valence-corrected chi connectivity index (χ2v) is 6.76. The van der Waals surface area contributed by atoms with E-state index in [9.17, 15) is 8.42 Å². The number of nitrogen functional groups attached to an aromatic ring is 1. The summed E-state index contributed by atoms with van der Waals surface area (Å²) >= 11 is 0. The van der Waals surface area contributed by atoms with E-state index in [2.05, 4.69) is 11.6 Å². The Balaban J connectivity index is 2.27. The third kappa shape index (κ3) is 3.76. The van der Waals surface area contributed by atoms with Crippen molar-refractivity contribution in [2.75, 3.05) is 10.5 Å². The maximum absolute atomic E-state index is 12.4. The van der Waals surface area contributed by atoms with Crippen LogP contribution in [-0.4, -0.2) is 8.42 Å². The van der Waals surface area contributed by atoms with Gasteiger partial charge in [-0.2, -0.15) is 0 Å². The Morgan fingerprint density at radius 1 is 1.10 bits per heavy atom. The van der Waals surface area contributed by atoms with Crippen LogP contribution < -0.4 is 10.5 Å². The van der Waals surface area contributed by atoms with Crippen molar-refractivity contribution in [2.24, 2.45) is 0 Å². The van der Waals surface area contributed by atoms with Crippen LogP contribution in [0.2, 0.25) is 0 Å². The molecule has 3 N–H and O–H groups in total. The smallest absolute Gasteiger partial charge is 0.261 e. The van der Waals surface area contributed by atoms with Gasteiger partial charge < -0.3 is 5.73 Å². The Labute approximate surface area is 126 Å². The van der Waals surface area contributed by atoms with Crippen LogP contribution in [0.15, 0.2) is 47.4 Å². The molecule has 2 aromatic carbocycles. The fraction of sp³-hybridized carbons (Fsp3) is 0.250. The van der Waals surface area contributed by atoms with Gasteiger partial charge in [0.1, 0.15) is 0 Å². The summed E-state index contributed by atoms with van der Waals surface area (Å²) in [5.74, 6) is 0. The molecule has 5 heteroatoms. The first-order valence-electron chi connectivity index (χ1n) is 6.90. The van der Waals surface area contributed by atoms with E-state index in [-0.39, 0.29) is 4.90 Å². The lowest BCUT2D eigenvalue weighted by atomic mass is 10.1. The number of aryl methyl sites for hydroxylation is 2. The maximum Gasteiger partial charge on any atom is 0.261 e. The van der Waals surface area contributed by atoms with Crippen molar-refractivity contribution in [2.45, 2.75) is 31.6 Å². The molecule has 0 aliphatic heterocycles. The third-order valence-corrected chi connectivity index (χ3v) is 4.66. The topological polar surface area (TPSA) is 72.2 Å². The zero-order chi connectivity index (χ0) is 15.5. The molecule has 0 amide bonds. The lowest BCUT2D eigenvalue weighted by Crippen LogP contribution is -2.14.